The van der Waals surface area contributed by atoms with Crippen molar-refractivity contribution in [1.29, 1.82) is 0 Å². The summed E-state index contributed by atoms with van der Waals surface area (Å²) in [6, 6.07) is 7.08. The van der Waals surface area contributed by atoms with Crippen LogP contribution >= 0.6 is 0 Å². The Hall–Kier alpha value is -3.43. The molecular weight excluding hydrogens is 355 g/mol. The van der Waals surface area contributed by atoms with Crippen molar-refractivity contribution in [2.75, 3.05) is 11.9 Å². The highest BCUT2D eigenvalue weighted by atomic mass is 19.2. The van der Waals surface area contributed by atoms with E-state index in [0.29, 0.717) is 6.07 Å². The maximum Gasteiger partial charge on any atom is 0.273 e. The molecule has 0 aliphatic heterocycles. The topological polar surface area (TPSA) is 101 Å². The van der Waals surface area contributed by atoms with Crippen molar-refractivity contribution in [1.82, 2.24) is 5.32 Å². The Bertz CT molecular complexity index is 874. The molecule has 10 heteroatoms. The van der Waals surface area contributed by atoms with E-state index in [1.165, 1.54) is 24.3 Å². The number of carbonyl (C=O) groups is 2. The molecule has 2 aromatic rings. The SMILES string of the molecule is O=C(Cc1ccccc1[N+](=O)[O-])NCC(=O)Nc1ccc(F)c(F)c1F. The van der Waals surface area contributed by atoms with E-state index in [1.807, 2.05) is 5.32 Å². The summed E-state index contributed by atoms with van der Waals surface area (Å²) in [5.41, 5.74) is -0.667. The van der Waals surface area contributed by atoms with Crippen molar-refractivity contribution >= 4 is 23.2 Å². The lowest BCUT2D eigenvalue weighted by Crippen LogP contribution is -2.34. The molecule has 0 saturated carbocycles. The number of halogens is 3. The first-order valence-corrected chi connectivity index (χ1v) is 7.22. The molecule has 0 spiro atoms. The van der Waals surface area contributed by atoms with E-state index in [0.717, 1.165) is 6.07 Å². The van der Waals surface area contributed by atoms with Gasteiger partial charge in [-0.2, -0.15) is 0 Å². The Morgan fingerprint density at radius 2 is 1.69 bits per heavy atom. The van der Waals surface area contributed by atoms with E-state index >= 15 is 0 Å². The quantitative estimate of drug-likeness (QED) is 0.465. The number of hydrogen-bond donors (Lipinski definition) is 2. The van der Waals surface area contributed by atoms with Crippen molar-refractivity contribution in [3.05, 3.63) is 69.5 Å². The highest BCUT2D eigenvalue weighted by Crippen LogP contribution is 2.19. The fourth-order valence-corrected chi connectivity index (χ4v) is 2.07. The van der Waals surface area contributed by atoms with Gasteiger partial charge in [-0.05, 0) is 12.1 Å². The van der Waals surface area contributed by atoms with E-state index in [1.54, 1.807) is 0 Å². The van der Waals surface area contributed by atoms with Crippen LogP contribution in [0.5, 0.6) is 0 Å². The summed E-state index contributed by atoms with van der Waals surface area (Å²) >= 11 is 0. The van der Waals surface area contributed by atoms with Gasteiger partial charge in [-0.1, -0.05) is 18.2 Å². The van der Waals surface area contributed by atoms with Gasteiger partial charge in [0.05, 0.1) is 23.6 Å². The molecule has 7 nitrogen and oxygen atoms in total. The molecule has 26 heavy (non-hydrogen) atoms. The summed E-state index contributed by atoms with van der Waals surface area (Å²) in [7, 11) is 0. The number of rotatable bonds is 6. The Morgan fingerprint density at radius 1 is 1.00 bits per heavy atom. The smallest absolute Gasteiger partial charge is 0.273 e. The van der Waals surface area contributed by atoms with Gasteiger partial charge in [-0.25, -0.2) is 13.2 Å². The summed E-state index contributed by atoms with van der Waals surface area (Å²) < 4.78 is 39.3. The summed E-state index contributed by atoms with van der Waals surface area (Å²) in [5.74, 6) is -6.27. The Balaban J connectivity index is 1.93. The molecule has 2 aromatic carbocycles. The fourth-order valence-electron chi connectivity index (χ4n) is 2.07. The van der Waals surface area contributed by atoms with Crippen LogP contribution in [0.25, 0.3) is 0 Å². The maximum atomic E-state index is 13.4. The van der Waals surface area contributed by atoms with Crippen LogP contribution in [0.4, 0.5) is 24.5 Å². The molecule has 0 radical (unpaired) electrons. The van der Waals surface area contributed by atoms with Gasteiger partial charge in [-0.15, -0.1) is 0 Å². The van der Waals surface area contributed by atoms with Crippen LogP contribution in [0.3, 0.4) is 0 Å². The minimum absolute atomic E-state index is 0.155. The van der Waals surface area contributed by atoms with E-state index in [9.17, 15) is 32.9 Å². The highest BCUT2D eigenvalue weighted by molar-refractivity contribution is 5.94. The zero-order valence-corrected chi connectivity index (χ0v) is 13.1. The summed E-state index contributed by atoms with van der Waals surface area (Å²) in [6.45, 7) is -0.585. The second-order valence-electron chi connectivity index (χ2n) is 5.11. The molecule has 0 saturated heterocycles. The average molecular weight is 367 g/mol. The molecule has 0 aromatic heterocycles. The summed E-state index contributed by atoms with van der Waals surface area (Å²) in [4.78, 5) is 33.7. The minimum Gasteiger partial charge on any atom is -0.347 e. The lowest BCUT2D eigenvalue weighted by Gasteiger charge is -2.08. The first-order chi connectivity index (χ1) is 12.3. The molecule has 0 aliphatic carbocycles. The first kappa shape index (κ1) is 18.9. The number of hydrogen-bond acceptors (Lipinski definition) is 4. The summed E-state index contributed by atoms with van der Waals surface area (Å²) in [6.07, 6.45) is -0.343. The molecule has 0 fully saturated rings. The molecule has 0 atom stereocenters. The predicted octanol–water partition coefficient (Wildman–Crippen LogP) is 2.31. The first-order valence-electron chi connectivity index (χ1n) is 7.22. The largest absolute Gasteiger partial charge is 0.347 e. The number of nitrogens with one attached hydrogen (secondary N) is 2. The number of benzene rings is 2. The van der Waals surface area contributed by atoms with Crippen molar-refractivity contribution in [3.63, 3.8) is 0 Å². The number of nitro groups is 1. The molecule has 2 N–H and O–H groups in total. The minimum atomic E-state index is -1.73. The molecule has 2 rings (SSSR count). The highest BCUT2D eigenvalue weighted by Gasteiger charge is 2.17. The average Bonchev–Trinajstić information content (AvgIpc) is 2.61. The van der Waals surface area contributed by atoms with Gasteiger partial charge < -0.3 is 10.6 Å². The van der Waals surface area contributed by atoms with E-state index in [-0.39, 0.29) is 17.7 Å². The molecule has 2 amide bonds. The third-order valence-electron chi connectivity index (χ3n) is 3.29. The van der Waals surface area contributed by atoms with Gasteiger partial charge in [0.1, 0.15) is 0 Å². The lowest BCUT2D eigenvalue weighted by atomic mass is 10.1. The van der Waals surface area contributed by atoms with Gasteiger partial charge in [0.15, 0.2) is 17.5 Å². The van der Waals surface area contributed by atoms with Crippen LogP contribution in [0.2, 0.25) is 0 Å². The Labute approximate surface area is 145 Å². The molecule has 0 unspecified atom stereocenters. The molecule has 0 aliphatic rings. The lowest BCUT2D eigenvalue weighted by molar-refractivity contribution is -0.385. The summed E-state index contributed by atoms with van der Waals surface area (Å²) in [5, 5.41) is 15.1. The standard InChI is InChI=1S/C16H12F3N3O4/c17-10-5-6-11(16(19)15(10)18)21-14(24)8-20-13(23)7-9-3-1-2-4-12(9)22(25)26/h1-6H,7-8H2,(H,20,23)(H,21,24). The number of nitrogens with zero attached hydrogens (tertiary/aromatic N) is 1. The second-order valence-corrected chi connectivity index (χ2v) is 5.11. The van der Waals surface area contributed by atoms with Crippen molar-refractivity contribution < 1.29 is 27.7 Å². The van der Waals surface area contributed by atoms with Crippen LogP contribution in [0.15, 0.2) is 36.4 Å². The van der Waals surface area contributed by atoms with Crippen molar-refractivity contribution in [2.45, 2.75) is 6.42 Å². The monoisotopic (exact) mass is 367 g/mol. The number of carbonyl (C=O) groups excluding carboxylic acids is 2. The zero-order chi connectivity index (χ0) is 19.3. The van der Waals surface area contributed by atoms with E-state index < -0.39 is 46.4 Å². The number of amides is 2. The number of para-hydroxylation sites is 1. The second kappa shape index (κ2) is 8.10. The molecule has 0 heterocycles. The van der Waals surface area contributed by atoms with Crippen LogP contribution in [-0.4, -0.2) is 23.3 Å². The van der Waals surface area contributed by atoms with Crippen LogP contribution in [0, 0.1) is 27.6 Å². The van der Waals surface area contributed by atoms with Crippen LogP contribution in [0.1, 0.15) is 5.56 Å². The van der Waals surface area contributed by atoms with Crippen molar-refractivity contribution in [2.24, 2.45) is 0 Å². The van der Waals surface area contributed by atoms with Crippen molar-refractivity contribution in [3.8, 4) is 0 Å². The molecule has 0 bridgehead atoms. The third kappa shape index (κ3) is 4.56. The van der Waals surface area contributed by atoms with Gasteiger partial charge >= 0.3 is 0 Å². The molecule has 136 valence electrons. The van der Waals surface area contributed by atoms with Crippen LogP contribution < -0.4 is 10.6 Å². The Kier molecular flexibility index (Phi) is 5.89. The predicted molar refractivity (Wildman–Crippen MR) is 84.8 cm³/mol. The fraction of sp³-hybridized carbons (Fsp3) is 0.125. The van der Waals surface area contributed by atoms with Gasteiger partial charge in [0.25, 0.3) is 5.69 Å². The maximum absolute atomic E-state index is 13.4. The molecular formula is C16H12F3N3O4. The zero-order valence-electron chi connectivity index (χ0n) is 13.1. The third-order valence-corrected chi connectivity index (χ3v) is 3.29. The van der Waals surface area contributed by atoms with Gasteiger partial charge in [0, 0.05) is 11.6 Å². The van der Waals surface area contributed by atoms with Gasteiger partial charge in [-0.3, -0.25) is 19.7 Å². The van der Waals surface area contributed by atoms with E-state index in [4.69, 9.17) is 0 Å². The van der Waals surface area contributed by atoms with Gasteiger partial charge in [0.2, 0.25) is 11.8 Å². The Morgan fingerprint density at radius 3 is 2.38 bits per heavy atom. The van der Waals surface area contributed by atoms with Crippen LogP contribution in [-0.2, 0) is 16.0 Å². The normalized spacial score (nSPS) is 10.3. The number of anilines is 1. The number of nitro benzene ring substituents is 1. The van der Waals surface area contributed by atoms with E-state index in [2.05, 4.69) is 5.32 Å².